The first kappa shape index (κ1) is 34.1. The Morgan fingerprint density at radius 3 is 2.02 bits per heavy atom. The van der Waals surface area contributed by atoms with Gasteiger partial charge in [-0.05, 0) is 27.9 Å². The van der Waals surface area contributed by atoms with Crippen molar-refractivity contribution in [3.63, 3.8) is 0 Å². The minimum absolute atomic E-state index is 0.0247. The van der Waals surface area contributed by atoms with Crippen LogP contribution in [0.4, 0.5) is 4.79 Å². The maximum atomic E-state index is 14.0. The van der Waals surface area contributed by atoms with Crippen LogP contribution in [0.2, 0.25) is 5.04 Å². The second kappa shape index (κ2) is 13.6. The van der Waals surface area contributed by atoms with Gasteiger partial charge >= 0.3 is 17.8 Å². The molecular weight excluding hydrogens is 643 g/mol. The molecule has 12 heteroatoms. The molecule has 1 amide bonds. The Labute approximate surface area is 285 Å². The van der Waals surface area contributed by atoms with Crippen LogP contribution in [-0.4, -0.2) is 65.7 Å². The molecule has 5 unspecified atom stereocenters. The van der Waals surface area contributed by atoms with E-state index in [2.05, 4.69) is 50.0 Å². The zero-order chi connectivity index (χ0) is 34.9. The Hall–Kier alpha value is -4.78. The Kier molecular flexibility index (Phi) is 9.47. The van der Waals surface area contributed by atoms with Crippen molar-refractivity contribution < 1.29 is 28.2 Å². The second-order valence-corrected chi connectivity index (χ2v) is 17.8. The molecule has 0 aliphatic carbocycles. The topological polar surface area (TPSA) is 129 Å². The van der Waals surface area contributed by atoms with Gasteiger partial charge < -0.3 is 18.6 Å². The number of hydrogen-bond donors (Lipinski definition) is 1. The molecule has 0 radical (unpaired) electrons. The quantitative estimate of drug-likeness (QED) is 0.209. The van der Waals surface area contributed by atoms with Crippen molar-refractivity contribution in [2.75, 3.05) is 6.61 Å². The van der Waals surface area contributed by atoms with Gasteiger partial charge in [-0.15, -0.1) is 0 Å². The zero-order valence-electron chi connectivity index (χ0n) is 28.2. The number of esters is 1. The number of ether oxygens (including phenoxy) is 3. The third-order valence-electron chi connectivity index (χ3n) is 9.33. The first-order valence-corrected chi connectivity index (χ1v) is 18.2. The lowest BCUT2D eigenvalue weighted by Gasteiger charge is -2.52. The summed E-state index contributed by atoms with van der Waals surface area (Å²) in [6.07, 6.45) is -2.13. The number of nitrogens with one attached hydrogen (secondary N) is 1. The van der Waals surface area contributed by atoms with Gasteiger partial charge in [-0.1, -0.05) is 112 Å². The molecule has 1 aromatic heterocycles. The largest absolute Gasteiger partial charge is 0.455 e. The van der Waals surface area contributed by atoms with Crippen LogP contribution in [0.15, 0.2) is 107 Å². The third kappa shape index (κ3) is 6.39. The minimum atomic E-state index is -3.04. The summed E-state index contributed by atoms with van der Waals surface area (Å²) < 4.78 is 26.5. The lowest BCUT2D eigenvalue weighted by Crippen LogP contribution is -2.74. The fourth-order valence-corrected chi connectivity index (χ4v) is 11.7. The summed E-state index contributed by atoms with van der Waals surface area (Å²) in [5, 5.41) is 1.81. The number of likely N-dealkylation sites (tertiary alicyclic amines) is 1. The van der Waals surface area contributed by atoms with Crippen molar-refractivity contribution in [2.45, 2.75) is 76.8 Å². The van der Waals surface area contributed by atoms with E-state index in [0.29, 0.717) is 0 Å². The molecule has 11 nitrogen and oxygen atoms in total. The van der Waals surface area contributed by atoms with Gasteiger partial charge in [0.1, 0.15) is 18.8 Å². The highest BCUT2D eigenvalue weighted by molar-refractivity contribution is 6.99. The van der Waals surface area contributed by atoms with Crippen molar-refractivity contribution in [3.05, 3.63) is 129 Å². The minimum Gasteiger partial charge on any atom is -0.455 e. The number of rotatable bonds is 9. The van der Waals surface area contributed by atoms with E-state index >= 15 is 0 Å². The van der Waals surface area contributed by atoms with Crippen LogP contribution in [0, 0.1) is 6.92 Å². The summed E-state index contributed by atoms with van der Waals surface area (Å²) in [5.41, 5.74) is -0.179. The van der Waals surface area contributed by atoms with Crippen LogP contribution in [0.25, 0.3) is 0 Å². The average Bonchev–Trinajstić information content (AvgIpc) is 3.36. The monoisotopic (exact) mass is 683 g/mol. The number of benzene rings is 3. The van der Waals surface area contributed by atoms with Crippen molar-refractivity contribution in [2.24, 2.45) is 0 Å². The summed E-state index contributed by atoms with van der Waals surface area (Å²) in [6.45, 7) is 9.42. The van der Waals surface area contributed by atoms with Gasteiger partial charge in [0.05, 0.1) is 12.6 Å². The average molecular weight is 684 g/mol. The lowest BCUT2D eigenvalue weighted by atomic mass is 9.88. The molecule has 2 aliphatic rings. The highest BCUT2D eigenvalue weighted by Crippen LogP contribution is 2.46. The fourth-order valence-electron chi connectivity index (χ4n) is 7.10. The predicted molar refractivity (Wildman–Crippen MR) is 185 cm³/mol. The van der Waals surface area contributed by atoms with Gasteiger partial charge in [0.25, 0.3) is 13.9 Å². The molecule has 6 rings (SSSR count). The van der Waals surface area contributed by atoms with Crippen LogP contribution in [-0.2, 0) is 30.0 Å². The van der Waals surface area contributed by atoms with Gasteiger partial charge in [-0.3, -0.25) is 24.0 Å². The number of H-pyrrole nitrogens is 1. The number of fused-ring (bicyclic) bond motifs is 1. The number of amides is 1. The maximum Gasteiger partial charge on any atom is 0.411 e. The van der Waals surface area contributed by atoms with Crippen molar-refractivity contribution in [1.82, 2.24) is 14.5 Å². The molecule has 1 N–H and O–H groups in total. The summed E-state index contributed by atoms with van der Waals surface area (Å²) in [7, 11) is -3.04. The van der Waals surface area contributed by atoms with E-state index in [1.54, 1.807) is 6.92 Å². The number of nitrogens with zero attached hydrogens (tertiary/aromatic N) is 2. The van der Waals surface area contributed by atoms with E-state index in [-0.39, 0.29) is 23.8 Å². The second-order valence-electron chi connectivity index (χ2n) is 13.5. The standard InChI is InChI=1S/C37H41N3O8Si/c1-24-21-39(35(43)38-33(24)42)34-32(47-25(2)41)30-31(48-34)29(40(30)36(44)45-22-26-15-9-6-10-16-26)23-46-49(37(3,4)5,27-17-11-7-12-18-27)28-19-13-8-14-20-28/h6-21,29-32,34H,22-23H2,1-5H3,(H,38,42,43). The smallest absolute Gasteiger partial charge is 0.411 e. The lowest BCUT2D eigenvalue weighted by molar-refractivity contribution is -0.154. The number of aromatic nitrogens is 2. The number of hydrogen-bond acceptors (Lipinski definition) is 8. The molecule has 256 valence electrons. The normalized spacial score (nSPS) is 21.8. The van der Waals surface area contributed by atoms with Gasteiger partial charge in [-0.2, -0.15) is 0 Å². The van der Waals surface area contributed by atoms with Gasteiger partial charge in [0.15, 0.2) is 12.3 Å². The molecule has 2 fully saturated rings. The van der Waals surface area contributed by atoms with Gasteiger partial charge in [0.2, 0.25) is 0 Å². The molecule has 2 saturated heterocycles. The number of aromatic amines is 1. The molecule has 3 heterocycles. The SMILES string of the molecule is CC(=O)OC1C2C(OC1n1cc(C)c(=O)[nH]c1=O)C(CO[Si](c1ccccc1)(c1ccccc1)C(C)(C)C)N2C(=O)OCc1ccccc1. The van der Waals surface area contributed by atoms with E-state index in [0.717, 1.165) is 15.9 Å². The van der Waals surface area contributed by atoms with Crippen molar-refractivity contribution in [1.29, 1.82) is 0 Å². The number of carbonyl (C=O) groups excluding carboxylic acids is 2. The Morgan fingerprint density at radius 1 is 0.898 bits per heavy atom. The summed E-state index contributed by atoms with van der Waals surface area (Å²) in [6, 6.07) is 28.2. The number of carbonyl (C=O) groups is 2. The van der Waals surface area contributed by atoms with Crippen molar-refractivity contribution in [3.8, 4) is 0 Å². The van der Waals surface area contributed by atoms with E-state index < -0.39 is 62.1 Å². The van der Waals surface area contributed by atoms with Crippen LogP contribution in [0.1, 0.15) is 45.0 Å². The van der Waals surface area contributed by atoms with Gasteiger partial charge in [-0.25, -0.2) is 9.59 Å². The van der Waals surface area contributed by atoms with Crippen LogP contribution < -0.4 is 21.6 Å². The first-order valence-electron chi connectivity index (χ1n) is 16.3. The fraction of sp³-hybridized carbons (Fsp3) is 0.351. The van der Waals surface area contributed by atoms with Crippen molar-refractivity contribution >= 4 is 30.8 Å². The Bertz CT molecular complexity index is 1870. The highest BCUT2D eigenvalue weighted by atomic mass is 28.4. The van der Waals surface area contributed by atoms with Crippen LogP contribution in [0.3, 0.4) is 0 Å². The molecule has 5 atom stereocenters. The molecular formula is C37H41N3O8Si. The molecule has 0 spiro atoms. The van der Waals surface area contributed by atoms with E-state index in [1.165, 1.54) is 22.6 Å². The molecule has 0 saturated carbocycles. The third-order valence-corrected chi connectivity index (χ3v) is 14.3. The Balaban J connectivity index is 1.40. The summed E-state index contributed by atoms with van der Waals surface area (Å²) >= 11 is 0. The summed E-state index contributed by atoms with van der Waals surface area (Å²) in [4.78, 5) is 55.5. The molecule has 4 aromatic rings. The highest BCUT2D eigenvalue weighted by Gasteiger charge is 2.65. The van der Waals surface area contributed by atoms with Crippen LogP contribution in [0.5, 0.6) is 0 Å². The van der Waals surface area contributed by atoms with Crippen LogP contribution >= 0.6 is 0 Å². The Morgan fingerprint density at radius 2 is 1.47 bits per heavy atom. The molecule has 3 aromatic carbocycles. The number of aryl methyl sites for hydroxylation is 1. The maximum absolute atomic E-state index is 14.0. The van der Waals surface area contributed by atoms with Gasteiger partial charge in [0, 0.05) is 18.7 Å². The molecule has 49 heavy (non-hydrogen) atoms. The summed E-state index contributed by atoms with van der Waals surface area (Å²) in [5.74, 6) is -0.613. The van der Waals surface area contributed by atoms with E-state index in [1.807, 2.05) is 66.7 Å². The molecule has 2 aliphatic heterocycles. The zero-order valence-corrected chi connectivity index (χ0v) is 29.2. The predicted octanol–water partition coefficient (Wildman–Crippen LogP) is 3.64. The molecule has 0 bridgehead atoms. The van der Waals surface area contributed by atoms with E-state index in [4.69, 9.17) is 18.6 Å². The first-order chi connectivity index (χ1) is 23.4. The van der Waals surface area contributed by atoms with E-state index in [9.17, 15) is 19.2 Å².